The number of pyridine rings is 1. The number of rotatable bonds is 4. The lowest BCUT2D eigenvalue weighted by Gasteiger charge is -2.07. The zero-order valence-corrected chi connectivity index (χ0v) is 19.8. The third kappa shape index (κ3) is 4.77. The van der Waals surface area contributed by atoms with Gasteiger partial charge in [-0.25, -0.2) is 14.0 Å². The van der Waals surface area contributed by atoms with E-state index < -0.39 is 15.7 Å². The summed E-state index contributed by atoms with van der Waals surface area (Å²) in [7, 11) is 0.198. The molecule has 0 aliphatic rings. The molecule has 4 aromatic rings. The fourth-order valence-electron chi connectivity index (χ4n) is 3.41. The zero-order chi connectivity index (χ0) is 24.1. The number of fused-ring (bicyclic) bond motifs is 1. The van der Waals surface area contributed by atoms with Crippen LogP contribution in [0.3, 0.4) is 0 Å². The lowest BCUT2D eigenvalue weighted by atomic mass is 10.0. The van der Waals surface area contributed by atoms with E-state index in [1.165, 1.54) is 7.11 Å². The Morgan fingerprint density at radius 3 is 2.24 bits per heavy atom. The van der Waals surface area contributed by atoms with Gasteiger partial charge in [0.2, 0.25) is 0 Å². The van der Waals surface area contributed by atoms with Gasteiger partial charge in [0.15, 0.2) is 5.69 Å². The largest absolute Gasteiger partial charge is 0.497 e. The number of esters is 1. The van der Waals surface area contributed by atoms with Crippen molar-refractivity contribution >= 4 is 32.2 Å². The molecule has 0 bridgehead atoms. The van der Waals surface area contributed by atoms with Gasteiger partial charge >= 0.3 is 5.97 Å². The van der Waals surface area contributed by atoms with Gasteiger partial charge in [0.1, 0.15) is 5.75 Å². The topological polar surface area (TPSA) is 77.9 Å². The third-order valence-corrected chi connectivity index (χ3v) is 6.87. The molecular weight excluding hydrogens is 448 g/mol. The second-order valence-corrected chi connectivity index (χ2v) is 9.65. The highest BCUT2D eigenvalue weighted by molar-refractivity contribution is 7.93. The predicted molar refractivity (Wildman–Crippen MR) is 133 cm³/mol. The number of carbonyl (C=O) groups is 1. The summed E-state index contributed by atoms with van der Waals surface area (Å²) in [5.74, 6) is 6.45. The number of hydrogen-bond donors (Lipinski definition) is 0. The molecular formula is C27H22N2O4S. The summed E-state index contributed by atoms with van der Waals surface area (Å²) >= 11 is 0. The number of benzene rings is 3. The van der Waals surface area contributed by atoms with Crippen molar-refractivity contribution in [3.63, 3.8) is 0 Å². The number of methoxy groups -OCH3 is 2. The lowest BCUT2D eigenvalue weighted by molar-refractivity contribution is 0.0596. The molecule has 1 atom stereocenters. The Morgan fingerprint density at radius 1 is 0.882 bits per heavy atom. The minimum Gasteiger partial charge on any atom is -0.497 e. The van der Waals surface area contributed by atoms with Crippen molar-refractivity contribution in [2.24, 2.45) is 4.36 Å². The minimum atomic E-state index is -2.71. The number of aromatic nitrogens is 1. The van der Waals surface area contributed by atoms with E-state index in [1.807, 2.05) is 42.5 Å². The Labute approximate surface area is 198 Å². The Hall–Kier alpha value is -4.15. The molecule has 0 radical (unpaired) electrons. The van der Waals surface area contributed by atoms with Crippen molar-refractivity contribution in [2.45, 2.75) is 4.90 Å². The SMILES string of the molecule is COC(=O)c1ncc(C#Cc2ccccc2N=S(C)(=O)c2ccc(OC)cc2)c2ccccc12. The molecule has 0 fully saturated rings. The van der Waals surface area contributed by atoms with E-state index in [2.05, 4.69) is 21.2 Å². The van der Waals surface area contributed by atoms with Crippen LogP contribution in [0.4, 0.5) is 5.69 Å². The van der Waals surface area contributed by atoms with Gasteiger partial charge in [-0.1, -0.05) is 48.2 Å². The van der Waals surface area contributed by atoms with E-state index in [1.54, 1.807) is 49.9 Å². The summed E-state index contributed by atoms with van der Waals surface area (Å²) in [6.45, 7) is 0. The van der Waals surface area contributed by atoms with E-state index in [-0.39, 0.29) is 5.69 Å². The van der Waals surface area contributed by atoms with E-state index in [0.29, 0.717) is 32.8 Å². The average Bonchev–Trinajstić information content (AvgIpc) is 2.87. The Balaban J connectivity index is 1.77. The molecule has 1 unspecified atom stereocenters. The smallest absolute Gasteiger partial charge is 0.357 e. The first-order chi connectivity index (χ1) is 16.4. The summed E-state index contributed by atoms with van der Waals surface area (Å²) in [6, 6.07) is 21.7. The van der Waals surface area contributed by atoms with Gasteiger partial charge in [0, 0.05) is 28.1 Å². The Morgan fingerprint density at radius 2 is 1.53 bits per heavy atom. The first-order valence-corrected chi connectivity index (χ1v) is 12.3. The molecule has 6 nitrogen and oxygen atoms in total. The maximum atomic E-state index is 13.4. The summed E-state index contributed by atoms with van der Waals surface area (Å²) in [5, 5.41) is 1.45. The van der Waals surface area contributed by atoms with Crippen LogP contribution in [0.2, 0.25) is 0 Å². The number of hydrogen-bond acceptors (Lipinski definition) is 6. The zero-order valence-electron chi connectivity index (χ0n) is 18.9. The molecule has 0 saturated heterocycles. The molecule has 0 amide bonds. The van der Waals surface area contributed by atoms with Crippen LogP contribution in [-0.2, 0) is 14.5 Å². The van der Waals surface area contributed by atoms with E-state index in [0.717, 1.165) is 5.39 Å². The highest BCUT2D eigenvalue weighted by Gasteiger charge is 2.14. The molecule has 1 aromatic heterocycles. The molecule has 0 aliphatic carbocycles. The summed E-state index contributed by atoms with van der Waals surface area (Å²) in [5.41, 5.74) is 2.06. The normalized spacial score (nSPS) is 12.2. The Kier molecular flexibility index (Phi) is 6.62. The molecule has 7 heteroatoms. The molecule has 0 aliphatic heterocycles. The van der Waals surface area contributed by atoms with Gasteiger partial charge in [-0.3, -0.25) is 0 Å². The van der Waals surface area contributed by atoms with Crippen molar-refractivity contribution in [3.8, 4) is 17.6 Å². The first kappa shape index (κ1) is 23.0. The lowest BCUT2D eigenvalue weighted by Crippen LogP contribution is -2.05. The van der Waals surface area contributed by atoms with Crippen LogP contribution in [0.1, 0.15) is 21.6 Å². The summed E-state index contributed by atoms with van der Waals surface area (Å²) in [4.78, 5) is 17.0. The number of carbonyl (C=O) groups excluding carboxylic acids is 1. The number of nitrogens with zero attached hydrogens (tertiary/aromatic N) is 2. The maximum absolute atomic E-state index is 13.4. The van der Waals surface area contributed by atoms with E-state index in [4.69, 9.17) is 9.47 Å². The first-order valence-electron chi connectivity index (χ1n) is 10.4. The molecule has 0 saturated carbocycles. The monoisotopic (exact) mass is 470 g/mol. The molecule has 3 aromatic carbocycles. The van der Waals surface area contributed by atoms with Crippen LogP contribution in [0, 0.1) is 11.8 Å². The summed E-state index contributed by atoms with van der Waals surface area (Å²) < 4.78 is 27.9. The quantitative estimate of drug-likeness (QED) is 0.302. The van der Waals surface area contributed by atoms with Gasteiger partial charge in [0.25, 0.3) is 0 Å². The predicted octanol–water partition coefficient (Wildman–Crippen LogP) is 5.22. The van der Waals surface area contributed by atoms with Crippen LogP contribution in [0.5, 0.6) is 5.75 Å². The van der Waals surface area contributed by atoms with Crippen LogP contribution in [0.25, 0.3) is 10.8 Å². The second kappa shape index (κ2) is 9.77. The van der Waals surface area contributed by atoms with Crippen LogP contribution >= 0.6 is 0 Å². The Bertz CT molecular complexity index is 1560. The number of ether oxygens (including phenoxy) is 2. The van der Waals surface area contributed by atoms with Crippen molar-refractivity contribution in [1.29, 1.82) is 0 Å². The van der Waals surface area contributed by atoms with Crippen molar-refractivity contribution in [1.82, 2.24) is 4.98 Å². The van der Waals surface area contributed by atoms with Crippen molar-refractivity contribution in [3.05, 3.63) is 95.8 Å². The van der Waals surface area contributed by atoms with E-state index >= 15 is 0 Å². The molecule has 0 spiro atoms. The van der Waals surface area contributed by atoms with Gasteiger partial charge in [-0.2, -0.15) is 4.36 Å². The van der Waals surface area contributed by atoms with Crippen LogP contribution in [-0.4, -0.2) is 35.6 Å². The summed E-state index contributed by atoms with van der Waals surface area (Å²) in [6.07, 6.45) is 3.16. The van der Waals surface area contributed by atoms with E-state index in [9.17, 15) is 9.00 Å². The van der Waals surface area contributed by atoms with Gasteiger partial charge in [-0.05, 0) is 36.4 Å². The fourth-order valence-corrected chi connectivity index (χ4v) is 4.69. The fraction of sp³-hybridized carbons (Fsp3) is 0.111. The molecule has 34 heavy (non-hydrogen) atoms. The van der Waals surface area contributed by atoms with Gasteiger partial charge in [-0.15, -0.1) is 0 Å². The average molecular weight is 471 g/mol. The highest BCUT2D eigenvalue weighted by atomic mass is 32.2. The van der Waals surface area contributed by atoms with Crippen LogP contribution in [0.15, 0.2) is 88.3 Å². The molecule has 4 rings (SSSR count). The van der Waals surface area contributed by atoms with Crippen LogP contribution < -0.4 is 4.74 Å². The molecule has 170 valence electrons. The minimum absolute atomic E-state index is 0.240. The van der Waals surface area contributed by atoms with Crippen molar-refractivity contribution in [2.75, 3.05) is 20.5 Å². The second-order valence-electron chi connectivity index (χ2n) is 7.39. The van der Waals surface area contributed by atoms with Gasteiger partial charge < -0.3 is 9.47 Å². The molecule has 0 N–H and O–H groups in total. The standard InChI is InChI=1S/C27H22N2O4S/c1-32-21-14-16-22(17-15-21)34(3,31)29-25-11-7-4-8-19(25)12-13-20-18-28-26(27(30)33-2)24-10-6-5-9-23(20)24/h4-11,14-18H,1-3H3. The van der Waals surface area contributed by atoms with Gasteiger partial charge in [0.05, 0.1) is 40.8 Å². The third-order valence-electron chi connectivity index (χ3n) is 5.18. The molecule has 1 heterocycles. The maximum Gasteiger partial charge on any atom is 0.357 e. The van der Waals surface area contributed by atoms with Crippen molar-refractivity contribution < 1.29 is 18.5 Å². The highest BCUT2D eigenvalue weighted by Crippen LogP contribution is 2.25.